The molecule has 0 atom stereocenters. The first-order valence-corrected chi connectivity index (χ1v) is 10.1. The first kappa shape index (κ1) is 18.1. The average Bonchev–Trinajstić information content (AvgIpc) is 3.11. The predicted molar refractivity (Wildman–Crippen MR) is 96.8 cm³/mol. The molecular formula is C17H27N5O2S. The molecule has 1 aliphatic heterocycles. The van der Waals surface area contributed by atoms with Gasteiger partial charge in [0.2, 0.25) is 0 Å². The molecule has 1 aromatic rings. The fourth-order valence-electron chi connectivity index (χ4n) is 3.63. The Balaban J connectivity index is 1.43. The largest absolute Gasteiger partial charge is 0.338 e. The van der Waals surface area contributed by atoms with Gasteiger partial charge in [-0.25, -0.2) is 4.79 Å². The van der Waals surface area contributed by atoms with Crippen LogP contribution < -0.4 is 10.6 Å². The maximum absolute atomic E-state index is 12.6. The van der Waals surface area contributed by atoms with Crippen LogP contribution in [0.5, 0.6) is 0 Å². The molecular weight excluding hydrogens is 338 g/mol. The number of urea groups is 1. The number of nitrogens with one attached hydrogen (secondary N) is 2. The fourth-order valence-corrected chi connectivity index (χ4v) is 4.35. The fraction of sp³-hybridized carbons (Fsp3) is 0.765. The molecule has 2 N–H and O–H groups in total. The van der Waals surface area contributed by atoms with Crippen molar-refractivity contribution in [2.45, 2.75) is 70.4 Å². The molecule has 138 valence electrons. The summed E-state index contributed by atoms with van der Waals surface area (Å²) in [6.07, 6.45) is 8.16. The Kier molecular flexibility index (Phi) is 6.23. The van der Waals surface area contributed by atoms with Crippen LogP contribution in [0.15, 0.2) is 0 Å². The minimum absolute atomic E-state index is 0.0250. The summed E-state index contributed by atoms with van der Waals surface area (Å²) in [5.74, 6) is 0.0250. The standard InChI is InChI=1S/C17H27N5O2S/c1-2-14-15(25-21-20-14)16(23)22-10-8-13(9-11-22)19-17(24)18-12-6-4-3-5-7-12/h12-13H,2-11H2,1H3,(H2,18,19,24). The molecule has 2 aliphatic rings. The van der Waals surface area contributed by atoms with E-state index in [1.165, 1.54) is 30.8 Å². The van der Waals surface area contributed by atoms with E-state index in [9.17, 15) is 9.59 Å². The third-order valence-electron chi connectivity index (χ3n) is 5.14. The van der Waals surface area contributed by atoms with Gasteiger partial charge in [-0.05, 0) is 43.6 Å². The molecule has 1 saturated carbocycles. The number of aromatic nitrogens is 2. The Hall–Kier alpha value is -1.70. The van der Waals surface area contributed by atoms with Gasteiger partial charge in [-0.15, -0.1) is 5.10 Å². The number of amides is 3. The van der Waals surface area contributed by atoms with Crippen LogP contribution in [0.4, 0.5) is 4.79 Å². The highest BCUT2D eigenvalue weighted by molar-refractivity contribution is 7.08. The quantitative estimate of drug-likeness (QED) is 0.857. The van der Waals surface area contributed by atoms with Gasteiger partial charge in [0.05, 0.1) is 5.69 Å². The monoisotopic (exact) mass is 365 g/mol. The van der Waals surface area contributed by atoms with Crippen molar-refractivity contribution in [2.75, 3.05) is 13.1 Å². The van der Waals surface area contributed by atoms with Gasteiger partial charge in [-0.2, -0.15) is 0 Å². The van der Waals surface area contributed by atoms with Gasteiger partial charge in [0.25, 0.3) is 5.91 Å². The molecule has 3 amide bonds. The van der Waals surface area contributed by atoms with Gasteiger partial charge in [-0.1, -0.05) is 30.7 Å². The van der Waals surface area contributed by atoms with E-state index in [1.54, 1.807) is 0 Å². The molecule has 1 aliphatic carbocycles. The topological polar surface area (TPSA) is 87.2 Å². The molecule has 0 spiro atoms. The average molecular weight is 366 g/mol. The lowest BCUT2D eigenvalue weighted by Gasteiger charge is -2.32. The van der Waals surface area contributed by atoms with Gasteiger partial charge in [0, 0.05) is 25.2 Å². The van der Waals surface area contributed by atoms with Crippen LogP contribution >= 0.6 is 11.5 Å². The molecule has 0 radical (unpaired) electrons. The number of aryl methyl sites for hydroxylation is 1. The predicted octanol–water partition coefficient (Wildman–Crippen LogP) is 2.34. The van der Waals surface area contributed by atoms with Crippen molar-refractivity contribution in [2.24, 2.45) is 0 Å². The summed E-state index contributed by atoms with van der Waals surface area (Å²) >= 11 is 1.17. The Morgan fingerprint density at radius 3 is 2.36 bits per heavy atom. The highest BCUT2D eigenvalue weighted by Gasteiger charge is 2.27. The van der Waals surface area contributed by atoms with Crippen molar-refractivity contribution < 1.29 is 9.59 Å². The summed E-state index contributed by atoms with van der Waals surface area (Å²) in [7, 11) is 0. The molecule has 8 heteroatoms. The van der Waals surface area contributed by atoms with E-state index in [-0.39, 0.29) is 18.0 Å². The number of piperidine rings is 1. The van der Waals surface area contributed by atoms with Crippen molar-refractivity contribution in [3.63, 3.8) is 0 Å². The van der Waals surface area contributed by atoms with E-state index in [2.05, 4.69) is 20.2 Å². The van der Waals surface area contributed by atoms with Crippen molar-refractivity contribution >= 4 is 23.5 Å². The summed E-state index contributed by atoms with van der Waals surface area (Å²) in [6.45, 7) is 3.30. The Morgan fingerprint density at radius 2 is 1.72 bits per heavy atom. The second kappa shape index (κ2) is 8.60. The molecule has 0 bridgehead atoms. The molecule has 0 unspecified atom stereocenters. The zero-order valence-corrected chi connectivity index (χ0v) is 15.6. The van der Waals surface area contributed by atoms with E-state index >= 15 is 0 Å². The van der Waals surface area contributed by atoms with Crippen LogP contribution in [0.25, 0.3) is 0 Å². The minimum atomic E-state index is -0.0587. The normalized spacial score (nSPS) is 19.6. The van der Waals surface area contributed by atoms with E-state index in [0.29, 0.717) is 24.0 Å². The van der Waals surface area contributed by atoms with Crippen molar-refractivity contribution in [3.8, 4) is 0 Å². The Morgan fingerprint density at radius 1 is 1.08 bits per heavy atom. The lowest BCUT2D eigenvalue weighted by Crippen LogP contribution is -2.51. The number of likely N-dealkylation sites (tertiary alicyclic amines) is 1. The molecule has 1 saturated heterocycles. The van der Waals surface area contributed by atoms with E-state index in [0.717, 1.165) is 37.8 Å². The second-order valence-electron chi connectivity index (χ2n) is 6.92. The van der Waals surface area contributed by atoms with Crippen LogP contribution in [-0.4, -0.2) is 51.6 Å². The highest BCUT2D eigenvalue weighted by atomic mass is 32.1. The maximum atomic E-state index is 12.6. The molecule has 1 aromatic heterocycles. The summed E-state index contributed by atoms with van der Waals surface area (Å²) in [6, 6.07) is 0.399. The highest BCUT2D eigenvalue weighted by Crippen LogP contribution is 2.19. The zero-order chi connectivity index (χ0) is 17.6. The third-order valence-corrected chi connectivity index (χ3v) is 5.90. The van der Waals surface area contributed by atoms with Gasteiger partial charge in [0.15, 0.2) is 0 Å². The van der Waals surface area contributed by atoms with Crippen molar-refractivity contribution in [1.82, 2.24) is 25.1 Å². The third kappa shape index (κ3) is 4.68. The molecule has 0 aromatic carbocycles. The number of carbonyl (C=O) groups excluding carboxylic acids is 2. The Labute approximate surface area is 152 Å². The SMILES string of the molecule is CCc1nnsc1C(=O)N1CCC(NC(=O)NC2CCCCC2)CC1. The minimum Gasteiger partial charge on any atom is -0.338 e. The summed E-state index contributed by atoms with van der Waals surface area (Å²) in [5.41, 5.74) is 0.780. The smallest absolute Gasteiger partial charge is 0.315 e. The molecule has 25 heavy (non-hydrogen) atoms. The maximum Gasteiger partial charge on any atom is 0.315 e. The van der Waals surface area contributed by atoms with Gasteiger partial charge >= 0.3 is 6.03 Å². The molecule has 7 nitrogen and oxygen atoms in total. The van der Waals surface area contributed by atoms with Crippen molar-refractivity contribution in [3.05, 3.63) is 10.6 Å². The second-order valence-corrected chi connectivity index (χ2v) is 7.68. The van der Waals surface area contributed by atoms with Gasteiger partial charge < -0.3 is 15.5 Å². The van der Waals surface area contributed by atoms with E-state index in [4.69, 9.17) is 0 Å². The van der Waals surface area contributed by atoms with Crippen LogP contribution in [0.3, 0.4) is 0 Å². The first-order valence-electron chi connectivity index (χ1n) is 9.35. The molecule has 2 heterocycles. The van der Waals surface area contributed by atoms with Gasteiger partial charge in [-0.3, -0.25) is 4.79 Å². The van der Waals surface area contributed by atoms with Crippen LogP contribution in [0.2, 0.25) is 0 Å². The lowest BCUT2D eigenvalue weighted by atomic mass is 9.96. The molecule has 2 fully saturated rings. The summed E-state index contributed by atoms with van der Waals surface area (Å²) < 4.78 is 3.90. The van der Waals surface area contributed by atoms with Crippen LogP contribution in [0, 0.1) is 0 Å². The van der Waals surface area contributed by atoms with E-state index in [1.807, 2.05) is 11.8 Å². The first-order chi connectivity index (χ1) is 12.2. The van der Waals surface area contributed by atoms with Crippen LogP contribution in [-0.2, 0) is 6.42 Å². The number of rotatable bonds is 4. The molecule has 3 rings (SSSR count). The van der Waals surface area contributed by atoms with Crippen LogP contribution in [0.1, 0.15) is 67.2 Å². The zero-order valence-electron chi connectivity index (χ0n) is 14.8. The number of nitrogens with zero attached hydrogens (tertiary/aromatic N) is 3. The van der Waals surface area contributed by atoms with Gasteiger partial charge in [0.1, 0.15) is 4.88 Å². The van der Waals surface area contributed by atoms with E-state index < -0.39 is 0 Å². The number of hydrogen-bond donors (Lipinski definition) is 2. The number of carbonyl (C=O) groups is 2. The summed E-state index contributed by atoms with van der Waals surface area (Å²) in [5, 5.41) is 10.2. The number of hydrogen-bond acceptors (Lipinski definition) is 5. The van der Waals surface area contributed by atoms with Crippen molar-refractivity contribution in [1.29, 1.82) is 0 Å². The Bertz CT molecular complexity index is 592. The lowest BCUT2D eigenvalue weighted by molar-refractivity contribution is 0.0712. The summed E-state index contributed by atoms with van der Waals surface area (Å²) in [4.78, 5) is 27.2.